The number of aromatic nitrogens is 2. The molecule has 0 bridgehead atoms. The molecule has 0 aliphatic heterocycles. The number of unbranched alkanes of at least 4 members (excludes halogenated alkanes) is 1. The van der Waals surface area contributed by atoms with E-state index in [1.165, 1.54) is 4.57 Å². The van der Waals surface area contributed by atoms with Gasteiger partial charge in [-0.25, -0.2) is 9.59 Å². The van der Waals surface area contributed by atoms with Crippen molar-refractivity contribution in [2.24, 2.45) is 0 Å². The molecule has 1 heterocycles. The van der Waals surface area contributed by atoms with Crippen LogP contribution in [0.25, 0.3) is 0 Å². The van der Waals surface area contributed by atoms with Gasteiger partial charge in [-0.05, 0) is 37.5 Å². The Hall–Kier alpha value is -3.27. The number of rotatable bonds is 11. The number of nitrogens with one attached hydrogen (secondary N) is 1. The van der Waals surface area contributed by atoms with E-state index in [-0.39, 0.29) is 24.6 Å². The van der Waals surface area contributed by atoms with Crippen LogP contribution in [-0.2, 0) is 20.9 Å². The molecule has 2 aromatic rings. The highest BCUT2D eigenvalue weighted by Gasteiger charge is 2.25. The van der Waals surface area contributed by atoms with Gasteiger partial charge in [0.1, 0.15) is 11.6 Å². The number of aryl methyl sites for hydroxylation is 1. The zero-order chi connectivity index (χ0) is 24.5. The van der Waals surface area contributed by atoms with Gasteiger partial charge in [0.15, 0.2) is 18.9 Å². The summed E-state index contributed by atoms with van der Waals surface area (Å²) in [7, 11) is 0. The summed E-state index contributed by atoms with van der Waals surface area (Å²) in [5.74, 6) is -1.22. The van der Waals surface area contributed by atoms with E-state index in [0.29, 0.717) is 23.6 Å². The number of nitrogens with two attached hydrogens (primary N) is 1. The molecular weight excluding hydrogens is 452 g/mol. The van der Waals surface area contributed by atoms with Crippen LogP contribution in [0.1, 0.15) is 38.7 Å². The molecule has 33 heavy (non-hydrogen) atoms. The Labute approximate surface area is 196 Å². The number of H-pyrrole nitrogens is 1. The maximum atomic E-state index is 12.9. The summed E-state index contributed by atoms with van der Waals surface area (Å²) in [6.07, 6.45) is 1.91. The summed E-state index contributed by atoms with van der Waals surface area (Å²) in [5, 5.41) is 0.340. The molecule has 0 atom stereocenters. The van der Waals surface area contributed by atoms with Crippen molar-refractivity contribution >= 4 is 35.0 Å². The Bertz CT molecular complexity index is 1110. The van der Waals surface area contributed by atoms with Crippen LogP contribution < -0.4 is 26.6 Å². The average molecular weight is 481 g/mol. The van der Waals surface area contributed by atoms with Gasteiger partial charge < -0.3 is 20.1 Å². The number of carbonyl (C=O) groups excluding carboxylic acids is 2. The average Bonchev–Trinajstić information content (AvgIpc) is 2.77. The van der Waals surface area contributed by atoms with Crippen molar-refractivity contribution < 1.29 is 19.1 Å². The zero-order valence-electron chi connectivity index (χ0n) is 19.0. The molecular formula is C22H29ClN4O6. The monoisotopic (exact) mass is 480 g/mol. The molecule has 0 aliphatic carbocycles. The lowest BCUT2D eigenvalue weighted by molar-refractivity contribution is -0.149. The number of amides is 1. The first-order valence-corrected chi connectivity index (χ1v) is 11.0. The number of anilines is 2. The second kappa shape index (κ2) is 12.1. The predicted octanol–water partition coefficient (Wildman–Crippen LogP) is 2.25. The number of ether oxygens (including phenoxy) is 2. The van der Waals surface area contributed by atoms with E-state index in [1.807, 2.05) is 20.8 Å². The highest BCUT2D eigenvalue weighted by Crippen LogP contribution is 2.25. The summed E-state index contributed by atoms with van der Waals surface area (Å²) in [4.78, 5) is 52.9. The van der Waals surface area contributed by atoms with Crippen LogP contribution in [0.15, 0.2) is 27.8 Å². The molecule has 0 aliphatic rings. The number of nitrogen functional groups attached to an aromatic ring is 1. The van der Waals surface area contributed by atoms with Crippen molar-refractivity contribution in [1.29, 1.82) is 0 Å². The first-order chi connectivity index (χ1) is 15.7. The number of aromatic amines is 1. The van der Waals surface area contributed by atoms with Crippen LogP contribution in [0.2, 0.25) is 5.02 Å². The van der Waals surface area contributed by atoms with E-state index >= 15 is 0 Å². The highest BCUT2D eigenvalue weighted by molar-refractivity contribution is 6.32. The van der Waals surface area contributed by atoms with Crippen LogP contribution >= 0.6 is 11.6 Å². The first-order valence-electron chi connectivity index (χ1n) is 10.7. The lowest BCUT2D eigenvalue weighted by atomic mass is 10.2. The second-order valence-corrected chi connectivity index (χ2v) is 7.83. The summed E-state index contributed by atoms with van der Waals surface area (Å²) in [5.41, 5.74) is 5.42. The lowest BCUT2D eigenvalue weighted by Gasteiger charge is -2.24. The van der Waals surface area contributed by atoms with Gasteiger partial charge in [0.25, 0.3) is 11.5 Å². The van der Waals surface area contributed by atoms with Gasteiger partial charge in [-0.1, -0.05) is 37.9 Å². The van der Waals surface area contributed by atoms with Gasteiger partial charge in [-0.3, -0.25) is 19.1 Å². The smallest absolute Gasteiger partial charge is 0.344 e. The van der Waals surface area contributed by atoms with Gasteiger partial charge in [-0.15, -0.1) is 0 Å². The Morgan fingerprint density at radius 2 is 1.91 bits per heavy atom. The molecule has 10 nitrogen and oxygen atoms in total. The van der Waals surface area contributed by atoms with Gasteiger partial charge in [0.05, 0.1) is 5.02 Å². The van der Waals surface area contributed by atoms with Crippen LogP contribution in [0, 0.1) is 6.92 Å². The standard InChI is InChI=1S/C22H29ClN4O6/c1-4-6-10-26(19-20(24)27(9-5-2)22(31)25-21(19)30)17(28)12-33-18(29)13-32-16-11-14(3)7-8-15(16)23/h7-8,11H,4-6,9-10,12-13,24H2,1-3H3,(H,25,30,31). The van der Waals surface area contributed by atoms with E-state index in [0.717, 1.165) is 16.9 Å². The number of benzene rings is 1. The molecule has 180 valence electrons. The van der Waals surface area contributed by atoms with Gasteiger partial charge in [-0.2, -0.15) is 0 Å². The van der Waals surface area contributed by atoms with Gasteiger partial charge in [0.2, 0.25) is 0 Å². The van der Waals surface area contributed by atoms with E-state index in [4.69, 9.17) is 26.8 Å². The molecule has 1 aromatic carbocycles. The number of halogens is 1. The van der Waals surface area contributed by atoms with E-state index in [1.54, 1.807) is 18.2 Å². The molecule has 0 radical (unpaired) electrons. The zero-order valence-corrected chi connectivity index (χ0v) is 19.7. The van der Waals surface area contributed by atoms with Crippen LogP contribution in [0.5, 0.6) is 5.75 Å². The van der Waals surface area contributed by atoms with Gasteiger partial charge in [0, 0.05) is 13.1 Å². The summed E-state index contributed by atoms with van der Waals surface area (Å²) in [6, 6.07) is 5.12. The van der Waals surface area contributed by atoms with Crippen LogP contribution in [-0.4, -0.2) is 41.2 Å². The van der Waals surface area contributed by atoms with Crippen LogP contribution in [0.4, 0.5) is 11.5 Å². The van der Waals surface area contributed by atoms with Crippen molar-refractivity contribution in [1.82, 2.24) is 9.55 Å². The fourth-order valence-corrected chi connectivity index (χ4v) is 3.25. The second-order valence-electron chi connectivity index (χ2n) is 7.43. The minimum atomic E-state index is -0.783. The third-order valence-corrected chi connectivity index (χ3v) is 5.07. The minimum absolute atomic E-state index is 0.112. The Balaban J connectivity index is 2.14. The first kappa shape index (κ1) is 26.0. The molecule has 0 spiro atoms. The third-order valence-electron chi connectivity index (χ3n) is 4.76. The largest absolute Gasteiger partial charge is 0.480 e. The molecule has 3 N–H and O–H groups in total. The van der Waals surface area contributed by atoms with Crippen molar-refractivity contribution in [3.63, 3.8) is 0 Å². The molecule has 0 saturated carbocycles. The molecule has 1 amide bonds. The van der Waals surface area contributed by atoms with Crippen LogP contribution in [0.3, 0.4) is 0 Å². The Kier molecular flexibility index (Phi) is 9.53. The SMILES string of the molecule is CCCCN(C(=O)COC(=O)COc1cc(C)ccc1Cl)c1c(N)n(CCC)c(=O)[nH]c1=O. The number of hydrogen-bond acceptors (Lipinski definition) is 7. The Morgan fingerprint density at radius 3 is 2.58 bits per heavy atom. The number of carbonyl (C=O) groups is 2. The van der Waals surface area contributed by atoms with E-state index in [9.17, 15) is 19.2 Å². The molecule has 11 heteroatoms. The fraction of sp³-hybridized carbons (Fsp3) is 0.455. The van der Waals surface area contributed by atoms with E-state index < -0.39 is 36.3 Å². The summed E-state index contributed by atoms with van der Waals surface area (Å²) < 4.78 is 11.6. The molecule has 2 rings (SSSR count). The highest BCUT2D eigenvalue weighted by atomic mass is 35.5. The number of hydrogen-bond donors (Lipinski definition) is 2. The normalized spacial score (nSPS) is 10.7. The third kappa shape index (κ3) is 6.85. The summed E-state index contributed by atoms with van der Waals surface area (Å²) in [6.45, 7) is 4.99. The fourth-order valence-electron chi connectivity index (χ4n) is 3.08. The topological polar surface area (TPSA) is 137 Å². The molecule has 0 fully saturated rings. The molecule has 0 saturated heterocycles. The quantitative estimate of drug-likeness (QED) is 0.470. The maximum Gasteiger partial charge on any atom is 0.344 e. The Morgan fingerprint density at radius 1 is 1.18 bits per heavy atom. The van der Waals surface area contributed by atoms with E-state index in [2.05, 4.69) is 4.98 Å². The predicted molar refractivity (Wildman–Crippen MR) is 126 cm³/mol. The minimum Gasteiger partial charge on any atom is -0.480 e. The molecule has 1 aromatic heterocycles. The number of nitrogens with zero attached hydrogens (tertiary/aromatic N) is 2. The van der Waals surface area contributed by atoms with Crippen molar-refractivity contribution in [3.8, 4) is 5.75 Å². The van der Waals surface area contributed by atoms with Crippen molar-refractivity contribution in [3.05, 3.63) is 49.6 Å². The maximum absolute atomic E-state index is 12.9. The summed E-state index contributed by atoms with van der Waals surface area (Å²) >= 11 is 6.03. The van der Waals surface area contributed by atoms with Crippen molar-refractivity contribution in [2.75, 3.05) is 30.4 Å². The number of esters is 1. The van der Waals surface area contributed by atoms with Crippen molar-refractivity contribution in [2.45, 2.75) is 46.6 Å². The van der Waals surface area contributed by atoms with Gasteiger partial charge >= 0.3 is 11.7 Å². The molecule has 0 unspecified atom stereocenters. The lowest BCUT2D eigenvalue weighted by Crippen LogP contribution is -2.43.